The van der Waals surface area contributed by atoms with Gasteiger partial charge in [-0.25, -0.2) is 0 Å². The van der Waals surface area contributed by atoms with Crippen LogP contribution in [0.5, 0.6) is 0 Å². The first-order valence-corrected chi connectivity index (χ1v) is 28.9. The number of aliphatic hydroxyl groups excluding tert-OH is 9. The average molecular weight is 1010 g/mol. The number of carbonyl (C=O) groups is 1. The van der Waals surface area contributed by atoms with E-state index in [1.54, 1.807) is 0 Å². The van der Waals surface area contributed by atoms with Gasteiger partial charge in [0.2, 0.25) is 5.91 Å². The van der Waals surface area contributed by atoms with Crippen LogP contribution < -0.4 is 5.32 Å². The number of nitrogens with one attached hydrogen (secondary N) is 1. The van der Waals surface area contributed by atoms with Crippen LogP contribution in [0.15, 0.2) is 0 Å². The topological polar surface area (TPSA) is 248 Å². The molecule has 0 aromatic carbocycles. The van der Waals surface area contributed by atoms with Crippen molar-refractivity contribution in [1.82, 2.24) is 5.32 Å². The fraction of sp³-hybridized carbons (Fsp3) is 0.982. The van der Waals surface area contributed by atoms with Gasteiger partial charge in [0.15, 0.2) is 12.6 Å². The van der Waals surface area contributed by atoms with E-state index in [9.17, 15) is 50.8 Å². The van der Waals surface area contributed by atoms with Crippen molar-refractivity contribution in [2.24, 2.45) is 0 Å². The summed E-state index contributed by atoms with van der Waals surface area (Å²) in [5.74, 6) is -0.737. The van der Waals surface area contributed by atoms with E-state index >= 15 is 0 Å². The van der Waals surface area contributed by atoms with Crippen molar-refractivity contribution in [2.75, 3.05) is 19.8 Å². The zero-order valence-electron chi connectivity index (χ0n) is 44.1. The molecular formula is C55H107NO14. The molecule has 2 saturated heterocycles. The van der Waals surface area contributed by atoms with Crippen LogP contribution in [0.1, 0.15) is 245 Å². The highest BCUT2D eigenvalue weighted by Gasteiger charge is 2.46. The molecule has 0 aromatic rings. The lowest BCUT2D eigenvalue weighted by Crippen LogP contribution is -2.61. The summed E-state index contributed by atoms with van der Waals surface area (Å²) >= 11 is 0. The summed E-state index contributed by atoms with van der Waals surface area (Å²) in [5, 5.41) is 98.1. The fourth-order valence-corrected chi connectivity index (χ4v) is 9.72. The summed E-state index contributed by atoms with van der Waals surface area (Å²) in [6.45, 7) is 3.20. The van der Waals surface area contributed by atoms with E-state index in [-0.39, 0.29) is 19.4 Å². The minimum Gasteiger partial charge on any atom is -0.390 e. The summed E-state index contributed by atoms with van der Waals surface area (Å²) in [6, 6.07) is -1.24. The van der Waals surface area contributed by atoms with Crippen molar-refractivity contribution in [3.8, 4) is 0 Å². The summed E-state index contributed by atoms with van der Waals surface area (Å²) in [7, 11) is 0. The molecule has 2 heterocycles. The predicted octanol–water partition coefficient (Wildman–Crippen LogP) is 7.92. The minimum absolute atomic E-state index is 0.224. The van der Waals surface area contributed by atoms with E-state index in [0.717, 1.165) is 38.5 Å². The maximum absolute atomic E-state index is 13.3. The molecule has 2 rings (SSSR count). The van der Waals surface area contributed by atoms with Gasteiger partial charge < -0.3 is 70.2 Å². The highest BCUT2D eigenvalue weighted by Crippen LogP contribution is 2.26. The van der Waals surface area contributed by atoms with Gasteiger partial charge in [-0.05, 0) is 12.8 Å². The van der Waals surface area contributed by atoms with Crippen molar-refractivity contribution in [1.29, 1.82) is 0 Å². The molecule has 10 N–H and O–H groups in total. The number of rotatable bonds is 46. The Balaban J connectivity index is 1.77. The third-order valence-corrected chi connectivity index (χ3v) is 14.6. The summed E-state index contributed by atoms with van der Waals surface area (Å²) in [4.78, 5) is 13.3. The second kappa shape index (κ2) is 42.2. The van der Waals surface area contributed by atoms with E-state index in [1.165, 1.54) is 167 Å². The fourth-order valence-electron chi connectivity index (χ4n) is 9.72. The quantitative estimate of drug-likeness (QED) is 0.0261. The SMILES string of the molecule is CCCCCCCCCCCCCCCCCCCCCCCC(O)C(=O)NC(COC1OC(COC2OCC(O)C(O)C2O)C(O)C(O)C1O)C(O)C(O)CCCCCCCCCCCCCCC. The number of hydrogen-bond donors (Lipinski definition) is 10. The predicted molar refractivity (Wildman–Crippen MR) is 274 cm³/mol. The first-order chi connectivity index (χ1) is 33.9. The van der Waals surface area contributed by atoms with Crippen LogP contribution in [0.3, 0.4) is 0 Å². The van der Waals surface area contributed by atoms with Crippen LogP contribution in [0.4, 0.5) is 0 Å². The molecule has 0 aromatic heterocycles. The second-order valence-electron chi connectivity index (χ2n) is 21.0. The molecule has 0 saturated carbocycles. The van der Waals surface area contributed by atoms with Gasteiger partial charge in [-0.1, -0.05) is 232 Å². The molecular weight excluding hydrogens is 899 g/mol. The summed E-state index contributed by atoms with van der Waals surface area (Å²) in [5.41, 5.74) is 0. The lowest BCUT2D eigenvalue weighted by Gasteiger charge is -2.42. The van der Waals surface area contributed by atoms with Crippen molar-refractivity contribution in [2.45, 2.75) is 325 Å². The lowest BCUT2D eigenvalue weighted by molar-refractivity contribution is -0.322. The molecule has 2 fully saturated rings. The maximum atomic E-state index is 13.3. The number of aliphatic hydroxyl groups is 9. The Kier molecular flexibility index (Phi) is 39.2. The summed E-state index contributed by atoms with van der Waals surface area (Å²) in [6.07, 6.45) is 24.0. The second-order valence-corrected chi connectivity index (χ2v) is 21.0. The molecule has 0 bridgehead atoms. The molecule has 416 valence electrons. The molecule has 13 unspecified atom stereocenters. The van der Waals surface area contributed by atoms with Crippen LogP contribution in [-0.4, -0.2) is 151 Å². The van der Waals surface area contributed by atoms with Gasteiger partial charge in [-0.15, -0.1) is 0 Å². The third-order valence-electron chi connectivity index (χ3n) is 14.6. The molecule has 13 atom stereocenters. The molecule has 0 spiro atoms. The molecule has 0 aliphatic carbocycles. The van der Waals surface area contributed by atoms with E-state index in [2.05, 4.69) is 19.2 Å². The number of carbonyl (C=O) groups excluding carboxylic acids is 1. The maximum Gasteiger partial charge on any atom is 0.249 e. The van der Waals surface area contributed by atoms with Crippen LogP contribution in [0.25, 0.3) is 0 Å². The van der Waals surface area contributed by atoms with Crippen LogP contribution >= 0.6 is 0 Å². The number of hydrogen-bond acceptors (Lipinski definition) is 14. The third kappa shape index (κ3) is 29.1. The van der Waals surface area contributed by atoms with Gasteiger partial charge in [-0.3, -0.25) is 4.79 Å². The number of amides is 1. The Morgan fingerprint density at radius 1 is 0.486 bits per heavy atom. The molecule has 2 aliphatic rings. The molecule has 2 aliphatic heterocycles. The van der Waals surface area contributed by atoms with Gasteiger partial charge in [0.05, 0.1) is 32.0 Å². The van der Waals surface area contributed by atoms with Crippen molar-refractivity contribution in [3.63, 3.8) is 0 Å². The zero-order chi connectivity index (χ0) is 51.2. The van der Waals surface area contributed by atoms with Crippen LogP contribution in [0.2, 0.25) is 0 Å². The molecule has 1 amide bonds. The zero-order valence-corrected chi connectivity index (χ0v) is 44.1. The Morgan fingerprint density at radius 2 is 0.871 bits per heavy atom. The number of ether oxygens (including phenoxy) is 4. The Morgan fingerprint density at radius 3 is 1.30 bits per heavy atom. The van der Waals surface area contributed by atoms with Crippen LogP contribution in [-0.2, 0) is 23.7 Å². The molecule has 15 nitrogen and oxygen atoms in total. The van der Waals surface area contributed by atoms with Gasteiger partial charge in [-0.2, -0.15) is 0 Å². The number of unbranched alkanes of at least 4 members (excludes halogenated alkanes) is 32. The average Bonchev–Trinajstić information content (AvgIpc) is 3.35. The van der Waals surface area contributed by atoms with E-state index < -0.39 is 98.8 Å². The Bertz CT molecular complexity index is 1210. The first kappa shape index (κ1) is 65.1. The molecule has 70 heavy (non-hydrogen) atoms. The normalized spacial score (nSPS) is 25.7. The van der Waals surface area contributed by atoms with Gasteiger partial charge in [0, 0.05) is 0 Å². The lowest BCUT2D eigenvalue weighted by atomic mass is 9.98. The van der Waals surface area contributed by atoms with Crippen molar-refractivity contribution in [3.05, 3.63) is 0 Å². The summed E-state index contributed by atoms with van der Waals surface area (Å²) < 4.78 is 22.3. The highest BCUT2D eigenvalue weighted by atomic mass is 16.7. The Labute approximate surface area is 424 Å². The van der Waals surface area contributed by atoms with E-state index in [0.29, 0.717) is 12.8 Å². The van der Waals surface area contributed by atoms with Gasteiger partial charge in [0.1, 0.15) is 54.9 Å². The highest BCUT2D eigenvalue weighted by molar-refractivity contribution is 5.80. The van der Waals surface area contributed by atoms with Crippen molar-refractivity contribution < 1.29 is 69.7 Å². The van der Waals surface area contributed by atoms with E-state index in [1.807, 2.05) is 0 Å². The largest absolute Gasteiger partial charge is 0.390 e. The first-order valence-electron chi connectivity index (χ1n) is 28.9. The van der Waals surface area contributed by atoms with E-state index in [4.69, 9.17) is 18.9 Å². The molecule has 0 radical (unpaired) electrons. The van der Waals surface area contributed by atoms with Crippen molar-refractivity contribution >= 4 is 5.91 Å². The van der Waals surface area contributed by atoms with Gasteiger partial charge >= 0.3 is 0 Å². The minimum atomic E-state index is -1.77. The standard InChI is InChI=1S/C55H107NO14/c1-3-5-7-9-11-13-15-17-18-19-20-21-22-23-24-26-28-30-32-34-36-38-44(58)53(66)56-42(47(60)43(57)37-35-33-31-29-27-25-16-14-12-10-8-6-4-2)39-67-55-52(65)50(63)49(62)46(70-55)41-69-54-51(64)48(61)45(59)40-68-54/h42-52,54-55,57-65H,3-41H2,1-2H3,(H,56,66). The Hall–Kier alpha value is -1.05. The van der Waals surface area contributed by atoms with Crippen LogP contribution in [0, 0.1) is 0 Å². The monoisotopic (exact) mass is 1010 g/mol. The van der Waals surface area contributed by atoms with Gasteiger partial charge in [0.25, 0.3) is 0 Å². The smallest absolute Gasteiger partial charge is 0.249 e. The molecule has 15 heteroatoms.